The topological polar surface area (TPSA) is 41.0 Å². The number of nitrogens with one attached hydrogen (secondary N) is 1. The summed E-state index contributed by atoms with van der Waals surface area (Å²) >= 11 is 0. The zero-order valence-corrected chi connectivity index (χ0v) is 12.1. The Hall–Kier alpha value is -2.07. The second kappa shape index (κ2) is 4.80. The van der Waals surface area contributed by atoms with Crippen molar-refractivity contribution in [3.63, 3.8) is 0 Å². The van der Waals surface area contributed by atoms with Crippen LogP contribution in [0.5, 0.6) is 0 Å². The molecule has 1 aromatic carbocycles. The van der Waals surface area contributed by atoms with Gasteiger partial charge in [-0.05, 0) is 39.2 Å². The summed E-state index contributed by atoms with van der Waals surface area (Å²) in [6, 6.07) is 7.76. The lowest BCUT2D eigenvalue weighted by Crippen LogP contribution is -2.29. The number of pyridine rings is 1. The Bertz CT molecular complexity index is 813. The zero-order chi connectivity index (χ0) is 14.3. The second-order valence-electron chi connectivity index (χ2n) is 5.55. The molecular formula is C16H19N3O. The van der Waals surface area contributed by atoms with Crippen LogP contribution in [0, 0.1) is 0 Å². The van der Waals surface area contributed by atoms with Gasteiger partial charge in [0.15, 0.2) is 5.43 Å². The Labute approximate surface area is 117 Å². The first-order valence-electron chi connectivity index (χ1n) is 6.83. The number of aromatic amines is 1. The van der Waals surface area contributed by atoms with E-state index in [9.17, 15) is 4.79 Å². The molecule has 0 aliphatic carbocycles. The molecule has 0 aliphatic heterocycles. The average Bonchev–Trinajstić information content (AvgIpc) is 2.73. The van der Waals surface area contributed by atoms with Gasteiger partial charge < -0.3 is 14.5 Å². The Balaban J connectivity index is 2.30. The summed E-state index contributed by atoms with van der Waals surface area (Å²) in [5.74, 6) is 0. The van der Waals surface area contributed by atoms with E-state index in [1.54, 1.807) is 12.1 Å². The number of aromatic nitrogens is 2. The summed E-state index contributed by atoms with van der Waals surface area (Å²) in [5.41, 5.74) is 2.21. The number of likely N-dealkylation sites (N-methyl/N-ethyl adjacent to an activating group) is 1. The van der Waals surface area contributed by atoms with Crippen molar-refractivity contribution < 1.29 is 0 Å². The molecule has 0 fully saturated rings. The highest BCUT2D eigenvalue weighted by Crippen LogP contribution is 2.27. The van der Waals surface area contributed by atoms with E-state index in [1.165, 1.54) is 5.39 Å². The summed E-state index contributed by atoms with van der Waals surface area (Å²) in [7, 11) is 4.15. The summed E-state index contributed by atoms with van der Waals surface area (Å²) < 4.78 is 2.23. The quantitative estimate of drug-likeness (QED) is 0.793. The molecule has 3 rings (SSSR count). The second-order valence-corrected chi connectivity index (χ2v) is 5.55. The molecule has 0 aliphatic rings. The third-order valence-electron chi connectivity index (χ3n) is 4.01. The normalized spacial score (nSPS) is 13.4. The van der Waals surface area contributed by atoms with Crippen LogP contribution < -0.4 is 5.43 Å². The maximum atomic E-state index is 11.7. The summed E-state index contributed by atoms with van der Waals surface area (Å²) in [5, 5.41) is 2.32. The molecule has 4 heteroatoms. The van der Waals surface area contributed by atoms with Crippen molar-refractivity contribution in [3.8, 4) is 0 Å². The Morgan fingerprint density at radius 1 is 1.20 bits per heavy atom. The van der Waals surface area contributed by atoms with Crippen molar-refractivity contribution in [2.75, 3.05) is 14.1 Å². The molecular weight excluding hydrogens is 250 g/mol. The molecule has 0 saturated heterocycles. The highest BCUT2D eigenvalue weighted by Gasteiger charge is 2.13. The molecule has 104 valence electrons. The third-order valence-corrected chi connectivity index (χ3v) is 4.01. The molecule has 1 N–H and O–H groups in total. The van der Waals surface area contributed by atoms with Gasteiger partial charge in [-0.2, -0.15) is 0 Å². The van der Waals surface area contributed by atoms with Crippen LogP contribution in [0.25, 0.3) is 21.8 Å². The third kappa shape index (κ3) is 2.02. The maximum absolute atomic E-state index is 11.7. The van der Waals surface area contributed by atoms with Gasteiger partial charge in [0, 0.05) is 41.8 Å². The van der Waals surface area contributed by atoms with Gasteiger partial charge in [-0.25, -0.2) is 0 Å². The Morgan fingerprint density at radius 2 is 1.95 bits per heavy atom. The van der Waals surface area contributed by atoms with Crippen LogP contribution in [-0.4, -0.2) is 34.6 Å². The Kier molecular flexibility index (Phi) is 3.10. The molecule has 0 saturated carbocycles. The average molecular weight is 269 g/mol. The minimum absolute atomic E-state index is 0.0584. The van der Waals surface area contributed by atoms with Gasteiger partial charge in [-0.15, -0.1) is 0 Å². The predicted molar refractivity (Wildman–Crippen MR) is 83.2 cm³/mol. The van der Waals surface area contributed by atoms with Crippen molar-refractivity contribution in [3.05, 3.63) is 46.9 Å². The SMILES string of the molecule is CC(Cn1c2c[nH]ccc2c2ccc(=O)cc21)N(C)C. The molecule has 1 atom stereocenters. The van der Waals surface area contributed by atoms with Crippen LogP contribution in [0.2, 0.25) is 0 Å². The van der Waals surface area contributed by atoms with Gasteiger partial charge in [-0.3, -0.25) is 4.79 Å². The smallest absolute Gasteiger partial charge is 0.180 e. The fourth-order valence-corrected chi connectivity index (χ4v) is 2.59. The number of rotatable bonds is 3. The molecule has 0 radical (unpaired) electrons. The molecule has 4 nitrogen and oxygen atoms in total. The summed E-state index contributed by atoms with van der Waals surface area (Å²) in [6.45, 7) is 3.04. The predicted octanol–water partition coefficient (Wildman–Crippen LogP) is 2.43. The van der Waals surface area contributed by atoms with Gasteiger partial charge in [0.05, 0.1) is 11.0 Å². The number of fused-ring (bicyclic) bond motifs is 3. The van der Waals surface area contributed by atoms with Crippen LogP contribution in [0.1, 0.15) is 6.92 Å². The van der Waals surface area contributed by atoms with Crippen LogP contribution in [0.3, 0.4) is 0 Å². The van der Waals surface area contributed by atoms with Crippen LogP contribution >= 0.6 is 0 Å². The van der Waals surface area contributed by atoms with E-state index in [-0.39, 0.29) is 5.43 Å². The highest BCUT2D eigenvalue weighted by molar-refractivity contribution is 6.07. The minimum Gasteiger partial charge on any atom is -0.366 e. The van der Waals surface area contributed by atoms with Crippen molar-refractivity contribution in [1.29, 1.82) is 0 Å². The summed E-state index contributed by atoms with van der Waals surface area (Å²) in [6.07, 6.45) is 3.93. The molecule has 0 amide bonds. The first-order valence-corrected chi connectivity index (χ1v) is 6.83. The molecule has 2 heterocycles. The van der Waals surface area contributed by atoms with Gasteiger partial charge in [0.2, 0.25) is 0 Å². The molecule has 20 heavy (non-hydrogen) atoms. The van der Waals surface area contributed by atoms with Crippen LogP contribution in [-0.2, 0) is 6.54 Å². The lowest BCUT2D eigenvalue weighted by atomic mass is 10.2. The molecule has 2 aromatic heterocycles. The minimum atomic E-state index is 0.0584. The standard InChI is InChI=1S/C16H19N3O/c1-11(18(2)3)10-19-15-8-12(20)4-5-13(15)14-6-7-17-9-16(14)19/h4-9,11,17H,10H2,1-3H3. The number of hydrogen-bond donors (Lipinski definition) is 1. The first kappa shape index (κ1) is 12.9. The van der Waals surface area contributed by atoms with Gasteiger partial charge in [0.1, 0.15) is 0 Å². The van der Waals surface area contributed by atoms with Crippen molar-refractivity contribution in [2.24, 2.45) is 0 Å². The van der Waals surface area contributed by atoms with E-state index < -0.39 is 0 Å². The van der Waals surface area contributed by atoms with Gasteiger partial charge >= 0.3 is 0 Å². The Morgan fingerprint density at radius 3 is 2.70 bits per heavy atom. The molecule has 1 unspecified atom stereocenters. The van der Waals surface area contributed by atoms with E-state index in [4.69, 9.17) is 0 Å². The fourth-order valence-electron chi connectivity index (χ4n) is 2.59. The van der Waals surface area contributed by atoms with Gasteiger partial charge in [0.25, 0.3) is 0 Å². The van der Waals surface area contributed by atoms with Crippen molar-refractivity contribution in [2.45, 2.75) is 19.5 Å². The van der Waals surface area contributed by atoms with E-state index in [0.717, 1.165) is 23.0 Å². The number of H-pyrrole nitrogens is 1. The fraction of sp³-hybridized carbons (Fsp3) is 0.312. The van der Waals surface area contributed by atoms with E-state index in [0.29, 0.717) is 6.04 Å². The van der Waals surface area contributed by atoms with Crippen LogP contribution in [0.4, 0.5) is 0 Å². The molecule has 0 bridgehead atoms. The first-order chi connectivity index (χ1) is 9.58. The number of benzene rings is 1. The lowest BCUT2D eigenvalue weighted by molar-refractivity contribution is 0.288. The van der Waals surface area contributed by atoms with E-state index in [1.807, 2.05) is 18.5 Å². The largest absolute Gasteiger partial charge is 0.366 e. The number of nitrogens with zero attached hydrogens (tertiary/aromatic N) is 2. The highest BCUT2D eigenvalue weighted by atomic mass is 16.1. The van der Waals surface area contributed by atoms with Crippen LogP contribution in [0.15, 0.2) is 41.5 Å². The molecule has 3 aromatic rings. The monoisotopic (exact) mass is 269 g/mol. The van der Waals surface area contributed by atoms with E-state index in [2.05, 4.69) is 41.5 Å². The van der Waals surface area contributed by atoms with Gasteiger partial charge in [-0.1, -0.05) is 0 Å². The van der Waals surface area contributed by atoms with Crippen molar-refractivity contribution >= 4 is 21.8 Å². The summed E-state index contributed by atoms with van der Waals surface area (Å²) in [4.78, 5) is 17.0. The zero-order valence-electron chi connectivity index (χ0n) is 12.1. The van der Waals surface area contributed by atoms with Crippen molar-refractivity contribution in [1.82, 2.24) is 14.5 Å². The number of hydrogen-bond acceptors (Lipinski definition) is 2. The molecule has 0 spiro atoms. The lowest BCUT2D eigenvalue weighted by Gasteiger charge is -2.21. The van der Waals surface area contributed by atoms with E-state index >= 15 is 0 Å². The maximum Gasteiger partial charge on any atom is 0.180 e.